The van der Waals surface area contributed by atoms with Gasteiger partial charge >= 0.3 is 0 Å². The predicted octanol–water partition coefficient (Wildman–Crippen LogP) is 3.86. The number of rotatable bonds is 5. The van der Waals surface area contributed by atoms with E-state index in [1.807, 2.05) is 11.3 Å². The van der Waals surface area contributed by atoms with Crippen molar-refractivity contribution >= 4 is 23.1 Å². The molecule has 2 atom stereocenters. The van der Waals surface area contributed by atoms with E-state index in [2.05, 4.69) is 50.2 Å². The minimum Gasteiger partial charge on any atom is -0.313 e. The Kier molecular flexibility index (Phi) is 5.32. The fraction of sp³-hybridized carbons (Fsp3) is 0.800. The van der Waals surface area contributed by atoms with Gasteiger partial charge in [-0.3, -0.25) is 0 Å². The Morgan fingerprint density at radius 3 is 2.79 bits per heavy atom. The maximum atomic E-state index is 4.84. The number of thioether (sulfide) groups is 1. The van der Waals surface area contributed by atoms with Gasteiger partial charge in [0.1, 0.15) is 0 Å². The van der Waals surface area contributed by atoms with Gasteiger partial charge in [-0.15, -0.1) is 11.3 Å². The van der Waals surface area contributed by atoms with E-state index in [9.17, 15) is 0 Å². The van der Waals surface area contributed by atoms with E-state index < -0.39 is 0 Å². The zero-order chi connectivity index (χ0) is 13.9. The van der Waals surface area contributed by atoms with Gasteiger partial charge in [0, 0.05) is 28.5 Å². The molecule has 19 heavy (non-hydrogen) atoms. The van der Waals surface area contributed by atoms with E-state index >= 15 is 0 Å². The number of nitrogens with zero attached hydrogens (tertiary/aromatic N) is 1. The number of nitrogens with one attached hydrogen (secondary N) is 1. The van der Waals surface area contributed by atoms with Crippen LogP contribution in [0.2, 0.25) is 0 Å². The lowest BCUT2D eigenvalue weighted by Gasteiger charge is -2.22. The number of hydrogen-bond donors (Lipinski definition) is 1. The molecule has 0 aliphatic carbocycles. The van der Waals surface area contributed by atoms with E-state index in [1.54, 1.807) is 0 Å². The van der Waals surface area contributed by atoms with Crippen LogP contribution in [0.4, 0.5) is 0 Å². The molecule has 108 valence electrons. The first-order chi connectivity index (χ1) is 9.00. The van der Waals surface area contributed by atoms with Crippen molar-refractivity contribution in [1.82, 2.24) is 10.3 Å². The molecule has 0 amide bonds. The first kappa shape index (κ1) is 15.3. The molecule has 1 aliphatic rings. The number of likely N-dealkylation sites (N-methyl/N-ethyl adjacent to an activating group) is 1. The Morgan fingerprint density at radius 1 is 1.47 bits per heavy atom. The average Bonchev–Trinajstić information content (AvgIpc) is 2.98. The van der Waals surface area contributed by atoms with Gasteiger partial charge < -0.3 is 5.32 Å². The third-order valence-electron chi connectivity index (χ3n) is 3.59. The summed E-state index contributed by atoms with van der Waals surface area (Å²) in [5.41, 5.74) is 1.41. The van der Waals surface area contributed by atoms with Gasteiger partial charge in [0.15, 0.2) is 0 Å². The van der Waals surface area contributed by atoms with E-state index in [-0.39, 0.29) is 5.41 Å². The number of aromatic nitrogens is 1. The topological polar surface area (TPSA) is 24.9 Å². The zero-order valence-electron chi connectivity index (χ0n) is 12.5. The fourth-order valence-corrected chi connectivity index (χ4v) is 4.93. The van der Waals surface area contributed by atoms with Crippen LogP contribution in [-0.2, 0) is 11.8 Å². The Morgan fingerprint density at radius 2 is 2.26 bits per heavy atom. The van der Waals surface area contributed by atoms with Crippen LogP contribution in [0.25, 0.3) is 0 Å². The highest BCUT2D eigenvalue weighted by Crippen LogP contribution is 2.31. The summed E-state index contributed by atoms with van der Waals surface area (Å²) in [5.74, 6) is 1.33. The summed E-state index contributed by atoms with van der Waals surface area (Å²) in [6, 6.07) is 0.594. The summed E-state index contributed by atoms with van der Waals surface area (Å²) in [6.07, 6.45) is 3.83. The van der Waals surface area contributed by atoms with Crippen molar-refractivity contribution in [3.05, 3.63) is 16.1 Å². The third kappa shape index (κ3) is 4.20. The molecule has 1 fully saturated rings. The second-order valence-electron chi connectivity index (χ2n) is 6.30. The van der Waals surface area contributed by atoms with Crippen molar-refractivity contribution in [2.45, 2.75) is 63.7 Å². The molecule has 2 nitrogen and oxygen atoms in total. The molecule has 0 radical (unpaired) electrons. The smallest absolute Gasteiger partial charge is 0.0944 e. The second kappa shape index (κ2) is 6.59. The van der Waals surface area contributed by atoms with Gasteiger partial charge in [-0.25, -0.2) is 4.98 Å². The molecule has 0 saturated carbocycles. The molecule has 0 bridgehead atoms. The molecule has 2 unspecified atom stereocenters. The molecule has 1 N–H and O–H groups in total. The van der Waals surface area contributed by atoms with E-state index in [4.69, 9.17) is 4.98 Å². The highest BCUT2D eigenvalue weighted by atomic mass is 32.2. The summed E-state index contributed by atoms with van der Waals surface area (Å²) in [5, 5.41) is 7.98. The standard InChI is InChI=1S/C15H26N2S2/c1-5-16-11(12-7-6-8-18-12)9-14-17-13(10-19-14)15(2,3)4/h10-12,16H,5-9H2,1-4H3. The summed E-state index contributed by atoms with van der Waals surface area (Å²) in [6.45, 7) is 9.97. The lowest BCUT2D eigenvalue weighted by molar-refractivity contribution is 0.492. The molecule has 2 heterocycles. The average molecular weight is 299 g/mol. The van der Waals surface area contributed by atoms with Gasteiger partial charge in [0.25, 0.3) is 0 Å². The number of hydrogen-bond acceptors (Lipinski definition) is 4. The summed E-state index contributed by atoms with van der Waals surface area (Å²) in [4.78, 5) is 4.84. The maximum absolute atomic E-state index is 4.84. The van der Waals surface area contributed by atoms with Crippen molar-refractivity contribution in [3.8, 4) is 0 Å². The van der Waals surface area contributed by atoms with Crippen LogP contribution in [0.5, 0.6) is 0 Å². The van der Waals surface area contributed by atoms with Gasteiger partial charge in [0.2, 0.25) is 0 Å². The Bertz CT molecular complexity index is 389. The summed E-state index contributed by atoms with van der Waals surface area (Å²) < 4.78 is 0. The third-order valence-corrected chi connectivity index (χ3v) is 5.98. The first-order valence-corrected chi connectivity index (χ1v) is 9.23. The molecule has 4 heteroatoms. The normalized spacial score (nSPS) is 21.8. The van der Waals surface area contributed by atoms with Crippen molar-refractivity contribution in [1.29, 1.82) is 0 Å². The molecule has 1 saturated heterocycles. The van der Waals surface area contributed by atoms with Crippen molar-refractivity contribution in [3.63, 3.8) is 0 Å². The van der Waals surface area contributed by atoms with Gasteiger partial charge in [-0.2, -0.15) is 11.8 Å². The fourth-order valence-electron chi connectivity index (χ4n) is 2.45. The monoisotopic (exact) mass is 298 g/mol. The van der Waals surface area contributed by atoms with Crippen LogP contribution in [0.15, 0.2) is 5.38 Å². The van der Waals surface area contributed by atoms with Crippen LogP contribution in [0.3, 0.4) is 0 Å². The van der Waals surface area contributed by atoms with Crippen LogP contribution >= 0.6 is 23.1 Å². The highest BCUT2D eigenvalue weighted by Gasteiger charge is 2.26. The molecular weight excluding hydrogens is 272 g/mol. The van der Waals surface area contributed by atoms with Gasteiger partial charge in [-0.1, -0.05) is 27.7 Å². The quantitative estimate of drug-likeness (QED) is 0.893. The van der Waals surface area contributed by atoms with Crippen LogP contribution in [-0.4, -0.2) is 28.6 Å². The molecule has 0 spiro atoms. The minimum absolute atomic E-state index is 0.171. The van der Waals surface area contributed by atoms with Crippen LogP contribution in [0, 0.1) is 0 Å². The lowest BCUT2D eigenvalue weighted by atomic mass is 9.93. The molecule has 2 rings (SSSR count). The van der Waals surface area contributed by atoms with E-state index in [0.717, 1.165) is 18.2 Å². The SMILES string of the molecule is CCNC(Cc1nc(C(C)(C)C)cs1)C1CCCS1. The van der Waals surface area contributed by atoms with Crippen LogP contribution < -0.4 is 5.32 Å². The Hall–Kier alpha value is -0.0600. The Balaban J connectivity index is 2.02. The van der Waals surface area contributed by atoms with Crippen molar-refractivity contribution in [2.75, 3.05) is 12.3 Å². The largest absolute Gasteiger partial charge is 0.313 e. The molecule has 1 aliphatic heterocycles. The Labute approximate surface area is 125 Å². The minimum atomic E-state index is 0.171. The lowest BCUT2D eigenvalue weighted by Crippen LogP contribution is -2.38. The van der Waals surface area contributed by atoms with E-state index in [1.165, 1.54) is 29.3 Å². The van der Waals surface area contributed by atoms with Crippen molar-refractivity contribution < 1.29 is 0 Å². The van der Waals surface area contributed by atoms with Gasteiger partial charge in [-0.05, 0) is 25.1 Å². The zero-order valence-corrected chi connectivity index (χ0v) is 14.2. The maximum Gasteiger partial charge on any atom is 0.0944 e. The van der Waals surface area contributed by atoms with Gasteiger partial charge in [0.05, 0.1) is 10.7 Å². The molecular formula is C15H26N2S2. The predicted molar refractivity (Wildman–Crippen MR) is 87.5 cm³/mol. The summed E-state index contributed by atoms with van der Waals surface area (Å²) in [7, 11) is 0. The molecule has 1 aromatic heterocycles. The molecule has 1 aromatic rings. The first-order valence-electron chi connectivity index (χ1n) is 7.30. The second-order valence-corrected chi connectivity index (χ2v) is 8.59. The highest BCUT2D eigenvalue weighted by molar-refractivity contribution is 8.00. The van der Waals surface area contributed by atoms with E-state index in [0.29, 0.717) is 6.04 Å². The van der Waals surface area contributed by atoms with Crippen molar-refractivity contribution in [2.24, 2.45) is 0 Å². The number of thiazole rings is 1. The molecule has 0 aromatic carbocycles. The summed E-state index contributed by atoms with van der Waals surface area (Å²) >= 11 is 3.97. The van der Waals surface area contributed by atoms with Crippen LogP contribution in [0.1, 0.15) is 51.2 Å².